The average molecular weight is 382 g/mol. The third-order valence-electron chi connectivity index (χ3n) is 1.11. The molecule has 0 aromatic carbocycles. The molecular formula is C7H19P2S4Y-. The van der Waals surface area contributed by atoms with Gasteiger partial charge in [0.25, 0.3) is 0 Å². The molecule has 1 radical (unpaired) electrons. The predicted molar refractivity (Wildman–Crippen MR) is 86.4 cm³/mol. The maximum atomic E-state index is 4.18. The van der Waals surface area contributed by atoms with Crippen molar-refractivity contribution in [3.05, 3.63) is 5.75 Å². The van der Waals surface area contributed by atoms with Crippen LogP contribution in [0.3, 0.4) is 0 Å². The van der Waals surface area contributed by atoms with Gasteiger partial charge in [0.05, 0.1) is 0 Å². The van der Waals surface area contributed by atoms with E-state index in [1.807, 2.05) is 23.5 Å². The first kappa shape index (κ1) is 22.5. The smallest absolute Gasteiger partial charge is 0 e. The summed E-state index contributed by atoms with van der Waals surface area (Å²) < 4.78 is 0. The van der Waals surface area contributed by atoms with Gasteiger partial charge in [0.15, 0.2) is 0 Å². The number of thioether (sulfide) groups is 2. The number of hydrogen-bond donors (Lipinski definition) is 2. The number of rotatable bonds is 8. The molecule has 0 nitrogen and oxygen atoms in total. The van der Waals surface area contributed by atoms with Gasteiger partial charge in [-0.2, -0.15) is 46.9 Å². The van der Waals surface area contributed by atoms with Crippen molar-refractivity contribution in [3.63, 3.8) is 0 Å². The minimum atomic E-state index is 0. The van der Waals surface area contributed by atoms with Crippen LogP contribution in [0.25, 0.3) is 0 Å². The first-order valence-corrected chi connectivity index (χ1v) is 8.01. The van der Waals surface area contributed by atoms with Crippen LogP contribution < -0.4 is 0 Å². The van der Waals surface area contributed by atoms with Crippen molar-refractivity contribution >= 4 is 67.9 Å². The average Bonchev–Trinajstić information content (AvgIpc) is 2.11. The van der Waals surface area contributed by atoms with E-state index >= 15 is 0 Å². The Hall–Kier alpha value is 3.36. The van der Waals surface area contributed by atoms with Crippen LogP contribution in [0.15, 0.2) is 0 Å². The van der Waals surface area contributed by atoms with Gasteiger partial charge in [0.2, 0.25) is 0 Å². The Balaban J connectivity index is -0.000000605. The molecule has 0 heterocycles. The minimum Gasteiger partial charge on any atom is -0.349 e. The van der Waals surface area contributed by atoms with Gasteiger partial charge in [0.1, 0.15) is 0 Å². The molecular weight excluding hydrogens is 363 g/mol. The summed E-state index contributed by atoms with van der Waals surface area (Å²) in [6, 6.07) is 0. The molecule has 7 heteroatoms. The Morgan fingerprint density at radius 3 is 2.21 bits per heavy atom. The molecule has 85 valence electrons. The Morgan fingerprint density at radius 2 is 1.79 bits per heavy atom. The van der Waals surface area contributed by atoms with Gasteiger partial charge < -0.3 is 11.8 Å². The summed E-state index contributed by atoms with van der Waals surface area (Å²) in [5.74, 6) is 6.50. The van der Waals surface area contributed by atoms with Gasteiger partial charge in [-0.3, -0.25) is 5.75 Å². The van der Waals surface area contributed by atoms with E-state index in [0.717, 1.165) is 29.2 Å². The second kappa shape index (κ2) is 18.7. The van der Waals surface area contributed by atoms with E-state index in [1.165, 1.54) is 0 Å². The van der Waals surface area contributed by atoms with E-state index in [9.17, 15) is 0 Å². The normalized spacial score (nSPS) is 11.4. The van der Waals surface area contributed by atoms with Crippen molar-refractivity contribution in [3.8, 4) is 0 Å². The van der Waals surface area contributed by atoms with Crippen LogP contribution in [0.5, 0.6) is 0 Å². The van der Waals surface area contributed by atoms with Crippen molar-refractivity contribution in [2.75, 3.05) is 29.2 Å². The summed E-state index contributed by atoms with van der Waals surface area (Å²) >= 11 is 12.2. The summed E-state index contributed by atoms with van der Waals surface area (Å²) in [7, 11) is 2.79. The van der Waals surface area contributed by atoms with Crippen LogP contribution in [0.1, 0.15) is 0 Å². The zero-order valence-corrected chi connectivity index (χ0v) is 17.1. The molecule has 0 aromatic rings. The minimum absolute atomic E-state index is 0. The van der Waals surface area contributed by atoms with Crippen molar-refractivity contribution in [2.24, 2.45) is 0 Å². The fourth-order valence-corrected chi connectivity index (χ4v) is 3.63. The first-order valence-electron chi connectivity index (χ1n) is 3.83. The van der Waals surface area contributed by atoms with E-state index in [-0.39, 0.29) is 42.6 Å². The summed E-state index contributed by atoms with van der Waals surface area (Å²) in [4.78, 5) is 0. The molecule has 0 bridgehead atoms. The fraction of sp³-hybridized carbons (Fsp3) is 0.857. The summed E-state index contributed by atoms with van der Waals surface area (Å²) in [5, 5.41) is 0.659. The van der Waals surface area contributed by atoms with Crippen molar-refractivity contribution in [1.29, 1.82) is 0 Å². The molecule has 3 unspecified atom stereocenters. The SMILES string of the molecule is P.PCC([CH-]SCCS)SCCS.[Y]. The van der Waals surface area contributed by atoms with E-state index < -0.39 is 0 Å². The zero-order valence-electron chi connectivity index (χ0n) is 8.26. The summed E-state index contributed by atoms with van der Waals surface area (Å²) in [5.41, 5.74) is 0. The van der Waals surface area contributed by atoms with Gasteiger partial charge in [-0.1, -0.05) is 6.16 Å². The molecule has 0 saturated heterocycles. The molecule has 0 aliphatic carbocycles. The van der Waals surface area contributed by atoms with Crippen LogP contribution in [0, 0.1) is 5.75 Å². The molecule has 0 saturated carbocycles. The molecule has 0 aliphatic heterocycles. The van der Waals surface area contributed by atoms with E-state index in [1.54, 1.807) is 0 Å². The van der Waals surface area contributed by atoms with Gasteiger partial charge in [-0.05, 0) is 23.0 Å². The van der Waals surface area contributed by atoms with Gasteiger partial charge in [0, 0.05) is 32.7 Å². The van der Waals surface area contributed by atoms with Crippen LogP contribution in [-0.2, 0) is 32.7 Å². The van der Waals surface area contributed by atoms with Gasteiger partial charge in [-0.15, -0.1) is 14.5 Å². The summed E-state index contributed by atoms with van der Waals surface area (Å²) in [6.45, 7) is 0. The Labute approximate surface area is 139 Å². The summed E-state index contributed by atoms with van der Waals surface area (Å²) in [6.07, 6.45) is 1.14. The van der Waals surface area contributed by atoms with Crippen LogP contribution in [-0.4, -0.2) is 34.4 Å². The van der Waals surface area contributed by atoms with Crippen molar-refractivity contribution in [2.45, 2.75) is 5.25 Å². The molecule has 0 amide bonds. The zero-order chi connectivity index (χ0) is 9.23. The standard InChI is InChI=1S/C7H16PS4.H3P.Y/c8-5-7(12-4-2-10)6-11-3-1-9;;/h6-7,9-10H,1-5,8H2;1H3;/q-1;;. The fourth-order valence-electron chi connectivity index (χ4n) is 0.595. The Bertz CT molecular complexity index is 99.8. The molecule has 0 spiro atoms. The van der Waals surface area contributed by atoms with E-state index in [0.29, 0.717) is 5.25 Å². The first-order chi connectivity index (χ1) is 5.85. The van der Waals surface area contributed by atoms with Crippen molar-refractivity contribution in [1.82, 2.24) is 0 Å². The van der Waals surface area contributed by atoms with E-state index in [4.69, 9.17) is 0 Å². The van der Waals surface area contributed by atoms with Crippen molar-refractivity contribution < 1.29 is 32.7 Å². The molecule has 0 aliphatic rings. The second-order valence-electron chi connectivity index (χ2n) is 2.10. The maximum absolute atomic E-state index is 4.18. The monoisotopic (exact) mass is 382 g/mol. The molecule has 0 aromatic heterocycles. The third-order valence-corrected chi connectivity index (χ3v) is 5.34. The molecule has 3 atom stereocenters. The Kier molecular flexibility index (Phi) is 30.1. The van der Waals surface area contributed by atoms with Gasteiger partial charge >= 0.3 is 0 Å². The molecule has 0 N–H and O–H groups in total. The third kappa shape index (κ3) is 15.4. The topological polar surface area (TPSA) is 0 Å². The maximum Gasteiger partial charge on any atom is 0 e. The number of hydrogen-bond acceptors (Lipinski definition) is 4. The van der Waals surface area contributed by atoms with Crippen LogP contribution >= 0.6 is 67.9 Å². The quantitative estimate of drug-likeness (QED) is 0.287. The largest absolute Gasteiger partial charge is 0.349 e. The van der Waals surface area contributed by atoms with Gasteiger partial charge in [-0.25, -0.2) is 0 Å². The van der Waals surface area contributed by atoms with E-state index in [2.05, 4.69) is 40.3 Å². The molecule has 14 heavy (non-hydrogen) atoms. The second-order valence-corrected chi connectivity index (χ2v) is 5.83. The Morgan fingerprint density at radius 1 is 1.21 bits per heavy atom. The predicted octanol–water partition coefficient (Wildman–Crippen LogP) is 2.77. The molecule has 0 fully saturated rings. The van der Waals surface area contributed by atoms with Crippen LogP contribution in [0.2, 0.25) is 0 Å². The number of thiol groups is 2. The van der Waals surface area contributed by atoms with Crippen LogP contribution in [0.4, 0.5) is 0 Å². The molecule has 0 rings (SSSR count).